The molecule has 9 nitrogen and oxygen atoms in total. The molecular weight excluding hydrogens is 427 g/mol. The molecule has 2 atom stereocenters. The fourth-order valence-electron chi connectivity index (χ4n) is 3.56. The van der Waals surface area contributed by atoms with Gasteiger partial charge in [-0.05, 0) is 37.1 Å². The zero-order valence-electron chi connectivity index (χ0n) is 17.4. The Morgan fingerprint density at radius 3 is 2.91 bits per heavy atom. The van der Waals surface area contributed by atoms with Crippen LogP contribution in [0.5, 0.6) is 0 Å². The number of hydrogen-bond donors (Lipinski definition) is 1. The summed E-state index contributed by atoms with van der Waals surface area (Å²) in [6.07, 6.45) is 6.22. The van der Waals surface area contributed by atoms with E-state index in [0.717, 1.165) is 16.8 Å². The van der Waals surface area contributed by atoms with Gasteiger partial charge in [0.1, 0.15) is 11.8 Å². The minimum Gasteiger partial charge on any atom is -0.431 e. The number of nitrogens with one attached hydrogen (secondary N) is 1. The minimum absolute atomic E-state index is 0.0742. The van der Waals surface area contributed by atoms with Gasteiger partial charge in [0, 0.05) is 29.8 Å². The molecule has 1 aliphatic rings. The average molecular weight is 444 g/mol. The van der Waals surface area contributed by atoms with Crippen LogP contribution in [0.15, 0.2) is 64.1 Å². The molecule has 1 N–H and O–H groups in total. The number of aromatic nitrogens is 5. The monoisotopic (exact) mass is 444 g/mol. The molecule has 1 saturated carbocycles. The largest absolute Gasteiger partial charge is 0.431 e. The number of carbonyl (C=O) groups excluding carboxylic acids is 1. The van der Waals surface area contributed by atoms with Crippen molar-refractivity contribution in [2.75, 3.05) is 5.32 Å². The first-order valence-electron chi connectivity index (χ1n) is 10.3. The molecule has 0 bridgehead atoms. The van der Waals surface area contributed by atoms with E-state index in [2.05, 4.69) is 25.4 Å². The lowest BCUT2D eigenvalue weighted by Gasteiger charge is -2.08. The molecule has 1 amide bonds. The van der Waals surface area contributed by atoms with E-state index in [1.54, 1.807) is 12.3 Å². The van der Waals surface area contributed by atoms with Gasteiger partial charge in [0.2, 0.25) is 23.4 Å². The van der Waals surface area contributed by atoms with Crippen LogP contribution in [0.4, 0.5) is 10.1 Å². The lowest BCUT2D eigenvalue weighted by Crippen LogP contribution is -2.12. The zero-order chi connectivity index (χ0) is 22.5. The van der Waals surface area contributed by atoms with Crippen molar-refractivity contribution in [3.8, 4) is 22.8 Å². The first-order chi connectivity index (χ1) is 16.0. The van der Waals surface area contributed by atoms with Crippen molar-refractivity contribution >= 4 is 17.2 Å². The average Bonchev–Trinajstić information content (AvgIpc) is 3.29. The van der Waals surface area contributed by atoms with Crippen LogP contribution < -0.4 is 5.32 Å². The fraction of sp³-hybridized carbons (Fsp3) is 0.174. The number of hydrogen-bond acceptors (Lipinski definition) is 7. The fourth-order valence-corrected chi connectivity index (χ4v) is 3.56. The number of oxazole rings is 1. The maximum absolute atomic E-state index is 13.3. The van der Waals surface area contributed by atoms with E-state index >= 15 is 0 Å². The third-order valence-corrected chi connectivity index (χ3v) is 5.58. The molecule has 164 valence electrons. The van der Waals surface area contributed by atoms with E-state index in [1.165, 1.54) is 6.20 Å². The van der Waals surface area contributed by atoms with E-state index in [-0.39, 0.29) is 11.7 Å². The molecule has 5 aromatic rings. The van der Waals surface area contributed by atoms with Crippen LogP contribution in [-0.4, -0.2) is 36.6 Å². The van der Waals surface area contributed by atoms with Crippen molar-refractivity contribution in [3.05, 3.63) is 72.3 Å². The summed E-state index contributed by atoms with van der Waals surface area (Å²) in [6.45, 7) is 1.87. The first kappa shape index (κ1) is 19.4. The molecule has 0 aliphatic heterocycles. The van der Waals surface area contributed by atoms with Crippen LogP contribution in [0.2, 0.25) is 0 Å². The SMILES string of the molecule is Cc1ccc(-c2noc([C@H]3C[C@@H]3F)n2)cc1NC(=O)c1cnc(-c2ccc3nccn3c2)o1. The van der Waals surface area contributed by atoms with Crippen molar-refractivity contribution in [1.29, 1.82) is 0 Å². The van der Waals surface area contributed by atoms with E-state index < -0.39 is 12.1 Å². The Morgan fingerprint density at radius 1 is 1.21 bits per heavy atom. The van der Waals surface area contributed by atoms with Crippen LogP contribution in [0.25, 0.3) is 28.5 Å². The number of alkyl halides is 1. The summed E-state index contributed by atoms with van der Waals surface area (Å²) in [5.74, 6) is 0.288. The molecular formula is C23H17FN6O3. The van der Waals surface area contributed by atoms with Crippen LogP contribution in [0.3, 0.4) is 0 Å². The Labute approximate surface area is 186 Å². The number of imidazole rings is 1. The smallest absolute Gasteiger partial charge is 0.293 e. The molecule has 4 heterocycles. The Hall–Kier alpha value is -4.34. The molecule has 1 aromatic carbocycles. The number of carbonyl (C=O) groups is 1. The van der Waals surface area contributed by atoms with E-state index in [9.17, 15) is 9.18 Å². The van der Waals surface area contributed by atoms with Gasteiger partial charge in [0.05, 0.1) is 17.7 Å². The van der Waals surface area contributed by atoms with Gasteiger partial charge in [-0.25, -0.2) is 14.4 Å². The number of amides is 1. The van der Waals surface area contributed by atoms with Gasteiger partial charge in [-0.15, -0.1) is 0 Å². The molecule has 4 aromatic heterocycles. The van der Waals surface area contributed by atoms with Crippen LogP contribution in [0, 0.1) is 6.92 Å². The second-order valence-corrected chi connectivity index (χ2v) is 7.94. The van der Waals surface area contributed by atoms with Crippen molar-refractivity contribution in [1.82, 2.24) is 24.5 Å². The third kappa shape index (κ3) is 3.55. The number of benzene rings is 1. The lowest BCUT2D eigenvalue weighted by atomic mass is 10.1. The summed E-state index contributed by atoms with van der Waals surface area (Å²) < 4.78 is 26.0. The van der Waals surface area contributed by atoms with E-state index in [1.807, 2.05) is 48.0 Å². The van der Waals surface area contributed by atoms with Gasteiger partial charge in [0.25, 0.3) is 5.91 Å². The number of anilines is 1. The Bertz CT molecular complexity index is 1500. The normalized spacial score (nSPS) is 17.4. The summed E-state index contributed by atoms with van der Waals surface area (Å²) >= 11 is 0. The molecule has 0 spiro atoms. The van der Waals surface area contributed by atoms with Gasteiger partial charge in [-0.1, -0.05) is 17.3 Å². The molecule has 0 unspecified atom stereocenters. The van der Waals surface area contributed by atoms with Gasteiger partial charge in [-0.2, -0.15) is 4.98 Å². The van der Waals surface area contributed by atoms with Crippen molar-refractivity contribution in [3.63, 3.8) is 0 Å². The highest BCUT2D eigenvalue weighted by Crippen LogP contribution is 2.43. The predicted molar refractivity (Wildman–Crippen MR) is 115 cm³/mol. The van der Waals surface area contributed by atoms with Crippen LogP contribution in [-0.2, 0) is 0 Å². The second kappa shape index (κ2) is 7.37. The predicted octanol–water partition coefficient (Wildman–Crippen LogP) is 4.43. The molecule has 0 radical (unpaired) electrons. The highest BCUT2D eigenvalue weighted by Gasteiger charge is 2.43. The second-order valence-electron chi connectivity index (χ2n) is 7.94. The number of halogens is 1. The van der Waals surface area contributed by atoms with E-state index in [0.29, 0.717) is 35.3 Å². The Morgan fingerprint density at radius 2 is 2.06 bits per heavy atom. The number of pyridine rings is 1. The van der Waals surface area contributed by atoms with Crippen LogP contribution >= 0.6 is 0 Å². The lowest BCUT2D eigenvalue weighted by molar-refractivity contribution is 0.0997. The number of fused-ring (bicyclic) bond motifs is 1. The maximum atomic E-state index is 13.3. The topological polar surface area (TPSA) is 111 Å². The zero-order valence-corrected chi connectivity index (χ0v) is 17.4. The third-order valence-electron chi connectivity index (χ3n) is 5.58. The summed E-state index contributed by atoms with van der Waals surface area (Å²) in [7, 11) is 0. The molecule has 1 fully saturated rings. The summed E-state index contributed by atoms with van der Waals surface area (Å²) in [6, 6.07) is 9.07. The number of rotatable bonds is 5. The number of nitrogens with zero attached hydrogens (tertiary/aromatic N) is 5. The van der Waals surface area contributed by atoms with Gasteiger partial charge in [-0.3, -0.25) is 4.79 Å². The standard InChI is InChI=1S/C23H17FN6O3/c1-12-2-3-13(20-28-23(33-29-20)15-9-16(15)24)8-17(12)27-21(31)18-10-26-22(32-18)14-4-5-19-25-6-7-30(19)11-14/h2-8,10-11,15-16H,9H2,1H3,(H,27,31)/t15-,16-/m0/s1. The van der Waals surface area contributed by atoms with Crippen molar-refractivity contribution in [2.45, 2.75) is 25.4 Å². The van der Waals surface area contributed by atoms with Crippen molar-refractivity contribution in [2.24, 2.45) is 0 Å². The minimum atomic E-state index is -0.917. The number of aryl methyl sites for hydroxylation is 1. The first-order valence-corrected chi connectivity index (χ1v) is 10.3. The highest BCUT2D eigenvalue weighted by molar-refractivity contribution is 6.03. The Balaban J connectivity index is 1.22. The molecule has 10 heteroatoms. The highest BCUT2D eigenvalue weighted by atomic mass is 19.1. The quantitative estimate of drug-likeness (QED) is 0.427. The van der Waals surface area contributed by atoms with Gasteiger partial charge in [0.15, 0.2) is 0 Å². The summed E-state index contributed by atoms with van der Waals surface area (Å²) in [5, 5.41) is 6.79. The van der Waals surface area contributed by atoms with Gasteiger partial charge < -0.3 is 18.7 Å². The molecule has 0 saturated heterocycles. The van der Waals surface area contributed by atoms with Crippen molar-refractivity contribution < 1.29 is 18.1 Å². The van der Waals surface area contributed by atoms with E-state index in [4.69, 9.17) is 8.94 Å². The molecule has 6 rings (SSSR count). The Kier molecular flexibility index (Phi) is 4.32. The summed E-state index contributed by atoms with van der Waals surface area (Å²) in [4.78, 5) is 25.5. The van der Waals surface area contributed by atoms with Crippen LogP contribution in [0.1, 0.15) is 34.3 Å². The maximum Gasteiger partial charge on any atom is 0.293 e. The van der Waals surface area contributed by atoms with Gasteiger partial charge >= 0.3 is 0 Å². The summed E-state index contributed by atoms with van der Waals surface area (Å²) in [5.41, 5.74) is 3.57. The molecule has 33 heavy (non-hydrogen) atoms. The molecule has 1 aliphatic carbocycles.